The second-order valence-corrected chi connectivity index (χ2v) is 2.99. The molecular formula is C10H10N4. The highest BCUT2D eigenvalue weighted by molar-refractivity contribution is 5.63. The Hall–Kier alpha value is -1.97. The topological polar surface area (TPSA) is 64.7 Å². The van der Waals surface area contributed by atoms with Crippen molar-refractivity contribution in [3.8, 4) is 11.1 Å². The van der Waals surface area contributed by atoms with Crippen molar-refractivity contribution in [1.82, 2.24) is 15.0 Å². The first kappa shape index (κ1) is 8.62. The van der Waals surface area contributed by atoms with Gasteiger partial charge in [-0.05, 0) is 24.6 Å². The monoisotopic (exact) mass is 186 g/mol. The molecule has 70 valence electrons. The van der Waals surface area contributed by atoms with Crippen LogP contribution in [0.2, 0.25) is 0 Å². The standard InChI is InChI=1S/C10H10N4/c1-7-13-5-9(6-14-7)8-2-3-12-10(11)4-8/h2-6H,1H3,(H2,11,12). The molecule has 2 rings (SSSR count). The maximum absolute atomic E-state index is 5.57. The minimum Gasteiger partial charge on any atom is -0.384 e. The Labute approximate surface area is 81.9 Å². The fraction of sp³-hybridized carbons (Fsp3) is 0.100. The average Bonchev–Trinajstić information content (AvgIpc) is 2.19. The Morgan fingerprint density at radius 3 is 2.43 bits per heavy atom. The molecule has 0 spiro atoms. The average molecular weight is 186 g/mol. The molecule has 0 bridgehead atoms. The zero-order valence-corrected chi connectivity index (χ0v) is 7.81. The van der Waals surface area contributed by atoms with Crippen molar-refractivity contribution in [2.45, 2.75) is 6.92 Å². The van der Waals surface area contributed by atoms with Crippen molar-refractivity contribution in [3.05, 3.63) is 36.5 Å². The van der Waals surface area contributed by atoms with Crippen molar-refractivity contribution in [1.29, 1.82) is 0 Å². The van der Waals surface area contributed by atoms with Crippen LogP contribution in [0.15, 0.2) is 30.7 Å². The van der Waals surface area contributed by atoms with Crippen molar-refractivity contribution in [2.75, 3.05) is 5.73 Å². The van der Waals surface area contributed by atoms with Gasteiger partial charge < -0.3 is 5.73 Å². The number of anilines is 1. The van der Waals surface area contributed by atoms with Gasteiger partial charge in [0.1, 0.15) is 11.6 Å². The summed E-state index contributed by atoms with van der Waals surface area (Å²) in [6.07, 6.45) is 5.22. The molecule has 0 aromatic carbocycles. The van der Waals surface area contributed by atoms with Crippen molar-refractivity contribution in [2.24, 2.45) is 0 Å². The van der Waals surface area contributed by atoms with E-state index in [9.17, 15) is 0 Å². The molecule has 0 aliphatic carbocycles. The Bertz CT molecular complexity index is 436. The molecule has 4 nitrogen and oxygen atoms in total. The van der Waals surface area contributed by atoms with Crippen LogP contribution in [0, 0.1) is 6.92 Å². The van der Waals surface area contributed by atoms with E-state index in [0.29, 0.717) is 5.82 Å². The Kier molecular flexibility index (Phi) is 2.10. The molecule has 2 aromatic heterocycles. The lowest BCUT2D eigenvalue weighted by Gasteiger charge is -2.01. The van der Waals surface area contributed by atoms with E-state index in [2.05, 4.69) is 15.0 Å². The minimum absolute atomic E-state index is 0.503. The summed E-state index contributed by atoms with van der Waals surface area (Å²) >= 11 is 0. The molecule has 0 unspecified atom stereocenters. The molecule has 0 fully saturated rings. The Morgan fingerprint density at radius 1 is 1.07 bits per heavy atom. The number of hydrogen-bond acceptors (Lipinski definition) is 4. The van der Waals surface area contributed by atoms with Crippen LogP contribution < -0.4 is 5.73 Å². The number of hydrogen-bond donors (Lipinski definition) is 1. The van der Waals surface area contributed by atoms with Crippen LogP contribution in [0.3, 0.4) is 0 Å². The van der Waals surface area contributed by atoms with Crippen LogP contribution in [0.4, 0.5) is 5.82 Å². The van der Waals surface area contributed by atoms with Gasteiger partial charge in [0.15, 0.2) is 0 Å². The van der Waals surface area contributed by atoms with Crippen molar-refractivity contribution < 1.29 is 0 Å². The van der Waals surface area contributed by atoms with E-state index < -0.39 is 0 Å². The van der Waals surface area contributed by atoms with E-state index in [1.807, 2.05) is 13.0 Å². The minimum atomic E-state index is 0.503. The lowest BCUT2D eigenvalue weighted by molar-refractivity contribution is 1.06. The largest absolute Gasteiger partial charge is 0.384 e. The zero-order chi connectivity index (χ0) is 9.97. The molecule has 14 heavy (non-hydrogen) atoms. The summed E-state index contributed by atoms with van der Waals surface area (Å²) in [5.74, 6) is 1.26. The molecule has 0 saturated carbocycles. The van der Waals surface area contributed by atoms with Crippen LogP contribution in [-0.4, -0.2) is 15.0 Å². The van der Waals surface area contributed by atoms with E-state index in [1.54, 1.807) is 24.7 Å². The molecule has 4 heteroatoms. The first-order valence-electron chi connectivity index (χ1n) is 4.26. The number of nitrogen functional groups attached to an aromatic ring is 1. The first-order chi connectivity index (χ1) is 6.75. The predicted molar refractivity (Wildman–Crippen MR) is 54.4 cm³/mol. The van der Waals surface area contributed by atoms with Gasteiger partial charge in [-0.15, -0.1) is 0 Å². The lowest BCUT2D eigenvalue weighted by Crippen LogP contribution is -1.91. The molecule has 0 aliphatic rings. The summed E-state index contributed by atoms with van der Waals surface area (Å²) in [4.78, 5) is 12.1. The number of aryl methyl sites for hydroxylation is 1. The molecule has 0 radical (unpaired) electrons. The SMILES string of the molecule is Cc1ncc(-c2ccnc(N)c2)cn1. The first-order valence-corrected chi connectivity index (χ1v) is 4.26. The molecule has 2 heterocycles. The molecule has 0 atom stereocenters. The van der Waals surface area contributed by atoms with Crippen LogP contribution in [0.1, 0.15) is 5.82 Å². The molecule has 2 aromatic rings. The van der Waals surface area contributed by atoms with Crippen molar-refractivity contribution in [3.63, 3.8) is 0 Å². The highest BCUT2D eigenvalue weighted by Gasteiger charge is 1.98. The highest BCUT2D eigenvalue weighted by Crippen LogP contribution is 2.17. The van der Waals surface area contributed by atoms with Crippen LogP contribution in [-0.2, 0) is 0 Å². The van der Waals surface area contributed by atoms with E-state index in [4.69, 9.17) is 5.73 Å². The van der Waals surface area contributed by atoms with Gasteiger partial charge in [0.05, 0.1) is 0 Å². The maximum atomic E-state index is 5.57. The van der Waals surface area contributed by atoms with Gasteiger partial charge in [-0.3, -0.25) is 0 Å². The number of rotatable bonds is 1. The van der Waals surface area contributed by atoms with E-state index in [-0.39, 0.29) is 0 Å². The van der Waals surface area contributed by atoms with E-state index >= 15 is 0 Å². The summed E-state index contributed by atoms with van der Waals surface area (Å²) in [7, 11) is 0. The molecular weight excluding hydrogens is 176 g/mol. The predicted octanol–water partition coefficient (Wildman–Crippen LogP) is 1.43. The Morgan fingerprint density at radius 2 is 1.79 bits per heavy atom. The van der Waals surface area contributed by atoms with Gasteiger partial charge in [0.25, 0.3) is 0 Å². The van der Waals surface area contributed by atoms with Gasteiger partial charge >= 0.3 is 0 Å². The van der Waals surface area contributed by atoms with Gasteiger partial charge in [-0.25, -0.2) is 15.0 Å². The summed E-state index contributed by atoms with van der Waals surface area (Å²) in [5, 5.41) is 0. The fourth-order valence-electron chi connectivity index (χ4n) is 1.17. The molecule has 0 aliphatic heterocycles. The van der Waals surface area contributed by atoms with Crippen LogP contribution >= 0.6 is 0 Å². The molecule has 0 saturated heterocycles. The fourth-order valence-corrected chi connectivity index (χ4v) is 1.17. The summed E-state index contributed by atoms with van der Waals surface area (Å²) in [6.45, 7) is 1.85. The lowest BCUT2D eigenvalue weighted by atomic mass is 10.1. The number of pyridine rings is 1. The van der Waals surface area contributed by atoms with E-state index in [0.717, 1.165) is 17.0 Å². The summed E-state index contributed by atoms with van der Waals surface area (Å²) < 4.78 is 0. The molecule has 2 N–H and O–H groups in total. The Balaban J connectivity index is 2.44. The number of aromatic nitrogens is 3. The summed E-state index contributed by atoms with van der Waals surface area (Å²) in [5.41, 5.74) is 7.51. The van der Waals surface area contributed by atoms with E-state index in [1.165, 1.54) is 0 Å². The molecule has 0 amide bonds. The second kappa shape index (κ2) is 3.41. The van der Waals surface area contributed by atoms with Crippen LogP contribution in [0.25, 0.3) is 11.1 Å². The van der Waals surface area contributed by atoms with Gasteiger partial charge in [0, 0.05) is 24.2 Å². The maximum Gasteiger partial charge on any atom is 0.125 e. The number of nitrogens with zero attached hydrogens (tertiary/aromatic N) is 3. The van der Waals surface area contributed by atoms with Crippen molar-refractivity contribution >= 4 is 5.82 Å². The zero-order valence-electron chi connectivity index (χ0n) is 7.81. The number of nitrogens with two attached hydrogens (primary N) is 1. The van der Waals surface area contributed by atoms with Gasteiger partial charge in [-0.1, -0.05) is 0 Å². The smallest absolute Gasteiger partial charge is 0.125 e. The third kappa shape index (κ3) is 1.69. The third-order valence-electron chi connectivity index (χ3n) is 1.90. The third-order valence-corrected chi connectivity index (χ3v) is 1.90. The normalized spacial score (nSPS) is 10.1. The van der Waals surface area contributed by atoms with Crippen LogP contribution in [0.5, 0.6) is 0 Å². The second-order valence-electron chi connectivity index (χ2n) is 2.99. The van der Waals surface area contributed by atoms with Gasteiger partial charge in [0.2, 0.25) is 0 Å². The highest BCUT2D eigenvalue weighted by atomic mass is 14.8. The van der Waals surface area contributed by atoms with Gasteiger partial charge in [-0.2, -0.15) is 0 Å². The summed E-state index contributed by atoms with van der Waals surface area (Å²) in [6, 6.07) is 3.68. The quantitative estimate of drug-likeness (QED) is 0.731.